The maximum absolute atomic E-state index is 14.9. The number of carbonyl (C=O) groups is 2. The average Bonchev–Trinajstić information content (AvgIpc) is 3.37. The van der Waals surface area contributed by atoms with Gasteiger partial charge in [-0.25, -0.2) is 9.18 Å². The van der Waals surface area contributed by atoms with E-state index in [1.807, 2.05) is 18.2 Å². The van der Waals surface area contributed by atoms with Gasteiger partial charge < -0.3 is 29.9 Å². The maximum atomic E-state index is 14.9. The van der Waals surface area contributed by atoms with Gasteiger partial charge in [0.2, 0.25) is 0 Å². The lowest BCUT2D eigenvalue weighted by molar-refractivity contribution is -0.0767. The van der Waals surface area contributed by atoms with E-state index in [-0.39, 0.29) is 41.3 Å². The molecule has 3 aromatic carbocycles. The van der Waals surface area contributed by atoms with E-state index < -0.39 is 22.9 Å². The van der Waals surface area contributed by atoms with Gasteiger partial charge in [-0.1, -0.05) is 48.4 Å². The molecule has 3 aliphatic carbocycles. The molecule has 0 aliphatic heterocycles. The molecular weight excluding hydrogens is 683 g/mol. The number of nitrogens with zero attached hydrogens (tertiary/aromatic N) is 1. The third-order valence-corrected chi connectivity index (χ3v) is 11.6. The van der Waals surface area contributed by atoms with Crippen molar-refractivity contribution in [1.82, 2.24) is 4.90 Å². The number of nitrogens with one attached hydrogen (secondary N) is 1. The fourth-order valence-corrected chi connectivity index (χ4v) is 8.27. The molecule has 0 saturated heterocycles. The van der Waals surface area contributed by atoms with E-state index in [4.69, 9.17) is 21.1 Å². The second-order valence-electron chi connectivity index (χ2n) is 14.7. The number of hydrogen-bond acceptors (Lipinski definition) is 6. The molecule has 0 heterocycles. The van der Waals surface area contributed by atoms with Crippen LogP contribution in [-0.4, -0.2) is 72.5 Å². The van der Waals surface area contributed by atoms with Crippen molar-refractivity contribution < 1.29 is 33.7 Å². The molecule has 1 saturated carbocycles. The van der Waals surface area contributed by atoms with Crippen molar-refractivity contribution in [3.63, 3.8) is 0 Å². The number of methoxy groups -OCH3 is 2. The van der Waals surface area contributed by atoms with Gasteiger partial charge in [-0.3, -0.25) is 4.79 Å². The van der Waals surface area contributed by atoms with Gasteiger partial charge in [0, 0.05) is 53.9 Å². The summed E-state index contributed by atoms with van der Waals surface area (Å²) in [6.45, 7) is 5.04. The van der Waals surface area contributed by atoms with Crippen LogP contribution >= 0.6 is 11.6 Å². The highest BCUT2D eigenvalue weighted by Crippen LogP contribution is 2.59. The monoisotopic (exact) mass is 734 g/mol. The zero-order valence-corrected chi connectivity index (χ0v) is 31.5. The minimum atomic E-state index is -1.31. The molecule has 1 fully saturated rings. The smallest absolute Gasteiger partial charge is 0.321 e. The highest BCUT2D eigenvalue weighted by Gasteiger charge is 2.57. The van der Waals surface area contributed by atoms with Crippen LogP contribution in [0.4, 0.5) is 14.9 Å². The second kappa shape index (κ2) is 17.4. The zero-order valence-electron chi connectivity index (χ0n) is 30.7. The third-order valence-electron chi connectivity index (χ3n) is 11.2. The van der Waals surface area contributed by atoms with Gasteiger partial charge in [0.1, 0.15) is 11.6 Å². The Labute approximate surface area is 312 Å². The van der Waals surface area contributed by atoms with Crippen LogP contribution in [0.2, 0.25) is 5.02 Å². The number of Topliss-reactive ketones (excluding diaryl/α,β-unsaturated/α-hetero) is 1. The number of urea groups is 1. The molecule has 6 rings (SSSR count). The van der Waals surface area contributed by atoms with Crippen LogP contribution in [0.5, 0.6) is 5.75 Å². The van der Waals surface area contributed by atoms with Crippen molar-refractivity contribution in [1.29, 1.82) is 0 Å². The number of fused-ring (bicyclic) bond motifs is 8. The minimum Gasteiger partial charge on any atom is -0.497 e. The van der Waals surface area contributed by atoms with Crippen LogP contribution in [-0.2, 0) is 17.6 Å². The summed E-state index contributed by atoms with van der Waals surface area (Å²) in [6.07, 6.45) is 5.86. The summed E-state index contributed by atoms with van der Waals surface area (Å²) >= 11 is 6.37. The Morgan fingerprint density at radius 3 is 2.56 bits per heavy atom. The molecule has 52 heavy (non-hydrogen) atoms. The van der Waals surface area contributed by atoms with Crippen molar-refractivity contribution >= 4 is 29.1 Å². The van der Waals surface area contributed by atoms with Gasteiger partial charge in [-0.05, 0) is 118 Å². The third kappa shape index (κ3) is 9.05. The molecule has 3 aliphatic rings. The summed E-state index contributed by atoms with van der Waals surface area (Å²) in [7, 11) is 3.20. The van der Waals surface area contributed by atoms with E-state index in [1.165, 1.54) is 17.7 Å². The maximum Gasteiger partial charge on any atom is 0.321 e. The first kappa shape index (κ1) is 39.4. The predicted molar refractivity (Wildman–Crippen MR) is 203 cm³/mol. The molecule has 2 bridgehead atoms. The molecule has 4 unspecified atom stereocenters. The van der Waals surface area contributed by atoms with Crippen molar-refractivity contribution in [2.24, 2.45) is 5.41 Å². The second-order valence-corrected chi connectivity index (χ2v) is 15.1. The van der Waals surface area contributed by atoms with E-state index in [2.05, 4.69) is 25.2 Å². The van der Waals surface area contributed by atoms with Gasteiger partial charge in [0.25, 0.3) is 0 Å². The van der Waals surface area contributed by atoms with Gasteiger partial charge in [0.05, 0.1) is 25.4 Å². The number of ketones is 1. The Hall–Kier alpha value is -3.76. The summed E-state index contributed by atoms with van der Waals surface area (Å²) in [6, 6.07) is 16.9. The SMILES string of the molecule is COCCCN(CC1(O)CCC2c3ccc(cc3C(=O)Cc3c(F)cccc3Cl)CC(O)CCC(C)=CCCC21C)C(=O)Nc1ccc(OC)cc1. The zero-order chi connectivity index (χ0) is 37.5. The van der Waals surface area contributed by atoms with Gasteiger partial charge in [0.15, 0.2) is 5.78 Å². The molecule has 10 heteroatoms. The number of rotatable bonds is 11. The topological polar surface area (TPSA) is 108 Å². The molecule has 3 aromatic rings. The van der Waals surface area contributed by atoms with Crippen LogP contribution in [0, 0.1) is 11.2 Å². The molecule has 0 spiro atoms. The Morgan fingerprint density at radius 1 is 1.08 bits per heavy atom. The first-order valence-electron chi connectivity index (χ1n) is 18.2. The lowest BCUT2D eigenvalue weighted by Gasteiger charge is -2.46. The molecule has 2 amide bonds. The van der Waals surface area contributed by atoms with Crippen LogP contribution in [0.1, 0.15) is 91.8 Å². The largest absolute Gasteiger partial charge is 0.497 e. The number of halogens is 2. The van der Waals surface area contributed by atoms with Crippen LogP contribution in [0.15, 0.2) is 72.3 Å². The number of allylic oxidation sites excluding steroid dienone is 2. The standard InChI is InChI=1S/C42H52ClFN2O6/c1-28-8-6-20-41(2)36(19-21-42(41,50)27-46(22-7-23-51-3)40(49)45-30-13-16-32(52-4)17-14-30)33-18-12-29(24-31(47)15-11-28)25-34(33)39(48)26-35-37(43)9-5-10-38(35)44/h5,8-10,12-14,16-18,25,31,36,47,50H,6-7,11,15,19-24,26-27H2,1-4H3,(H,45,49). The average molecular weight is 735 g/mol. The normalized spacial score (nSPS) is 23.3. The summed E-state index contributed by atoms with van der Waals surface area (Å²) < 4.78 is 25.5. The van der Waals surface area contributed by atoms with Crippen molar-refractivity contribution in [2.75, 3.05) is 39.2 Å². The lowest BCUT2D eigenvalue weighted by atomic mass is 9.64. The van der Waals surface area contributed by atoms with Gasteiger partial charge in [-0.15, -0.1) is 0 Å². The fraction of sp³-hybridized carbons (Fsp3) is 0.476. The molecule has 0 aromatic heterocycles. The van der Waals surface area contributed by atoms with E-state index in [0.717, 1.165) is 17.5 Å². The molecule has 280 valence electrons. The van der Waals surface area contributed by atoms with E-state index in [1.54, 1.807) is 49.5 Å². The Balaban J connectivity index is 1.54. The van der Waals surface area contributed by atoms with Crippen LogP contribution < -0.4 is 10.1 Å². The highest BCUT2D eigenvalue weighted by atomic mass is 35.5. The highest BCUT2D eigenvalue weighted by molar-refractivity contribution is 6.31. The van der Waals surface area contributed by atoms with Crippen molar-refractivity contribution in [3.8, 4) is 5.75 Å². The molecule has 3 N–H and O–H groups in total. The van der Waals surface area contributed by atoms with E-state index in [9.17, 15) is 24.2 Å². The molecule has 4 atom stereocenters. The Morgan fingerprint density at radius 2 is 1.85 bits per heavy atom. The number of hydrogen-bond donors (Lipinski definition) is 3. The van der Waals surface area contributed by atoms with Gasteiger partial charge in [-0.2, -0.15) is 0 Å². The molecule has 0 radical (unpaired) electrons. The number of benzene rings is 3. The summed E-state index contributed by atoms with van der Waals surface area (Å²) in [5, 5.41) is 27.0. The Bertz CT molecular complexity index is 1730. The van der Waals surface area contributed by atoms with Gasteiger partial charge >= 0.3 is 6.03 Å². The summed E-state index contributed by atoms with van der Waals surface area (Å²) in [5.74, 6) is -0.404. The summed E-state index contributed by atoms with van der Waals surface area (Å²) in [5.41, 5.74) is 1.87. The van der Waals surface area contributed by atoms with Crippen LogP contribution in [0.25, 0.3) is 0 Å². The van der Waals surface area contributed by atoms with Crippen molar-refractivity contribution in [2.45, 2.75) is 89.3 Å². The number of aliphatic hydroxyl groups is 2. The Kier molecular flexibility index (Phi) is 13.2. The van der Waals surface area contributed by atoms with E-state index in [0.29, 0.717) is 75.1 Å². The number of anilines is 1. The predicted octanol–water partition coefficient (Wildman–Crippen LogP) is 8.52. The minimum absolute atomic E-state index is 0.0762. The first-order chi connectivity index (χ1) is 24.9. The van der Waals surface area contributed by atoms with Crippen LogP contribution in [0.3, 0.4) is 0 Å². The summed E-state index contributed by atoms with van der Waals surface area (Å²) in [4.78, 5) is 29.8. The first-order valence-corrected chi connectivity index (χ1v) is 18.6. The quantitative estimate of drug-likeness (QED) is 0.104. The number of carbonyl (C=O) groups excluding carboxylic acids is 2. The molecular formula is C42H52ClFN2O6. The number of amides is 2. The lowest BCUT2D eigenvalue weighted by Crippen LogP contribution is -2.54. The number of ether oxygens (including phenoxy) is 2. The molecule has 8 nitrogen and oxygen atoms in total. The number of aliphatic hydroxyl groups excluding tert-OH is 1. The van der Waals surface area contributed by atoms with Crippen molar-refractivity contribution in [3.05, 3.63) is 105 Å². The van der Waals surface area contributed by atoms with E-state index >= 15 is 0 Å². The fourth-order valence-electron chi connectivity index (χ4n) is 8.04.